The van der Waals surface area contributed by atoms with E-state index < -0.39 is 25.0 Å². The molecule has 1 aromatic carbocycles. The standard InChI is InChI=1S/C20H20N2O5/c1-11-2-6-14(7-3-11)21-15(23)10-27-16(24)9-22-19(25)17-12-4-5-13(8-12)18(17)20(22)26/h2-7,12-13,17-18H,8-10H2,1H3,(H,21,23)/t12-,13+,17-,18-/m0/s1. The highest BCUT2D eigenvalue weighted by Crippen LogP contribution is 2.52. The Labute approximate surface area is 156 Å². The van der Waals surface area contributed by atoms with Crippen molar-refractivity contribution in [1.29, 1.82) is 0 Å². The van der Waals surface area contributed by atoms with Gasteiger partial charge in [-0.3, -0.25) is 24.1 Å². The maximum Gasteiger partial charge on any atom is 0.326 e. The zero-order valence-electron chi connectivity index (χ0n) is 14.9. The van der Waals surface area contributed by atoms with Gasteiger partial charge in [-0.2, -0.15) is 0 Å². The van der Waals surface area contributed by atoms with Crippen LogP contribution in [0.15, 0.2) is 36.4 Å². The second kappa shape index (κ2) is 6.64. The molecule has 4 atom stereocenters. The van der Waals surface area contributed by atoms with Crippen LogP contribution in [0.5, 0.6) is 0 Å². The first-order valence-electron chi connectivity index (χ1n) is 9.00. The fourth-order valence-electron chi connectivity index (χ4n) is 4.27. The lowest BCUT2D eigenvalue weighted by Gasteiger charge is -2.16. The summed E-state index contributed by atoms with van der Waals surface area (Å²) in [4.78, 5) is 49.9. The number of amides is 3. The number of allylic oxidation sites excluding steroid dienone is 2. The quantitative estimate of drug-likeness (QED) is 0.480. The van der Waals surface area contributed by atoms with E-state index in [9.17, 15) is 19.2 Å². The van der Waals surface area contributed by atoms with Gasteiger partial charge < -0.3 is 10.1 Å². The Bertz CT molecular complexity index is 814. The van der Waals surface area contributed by atoms with Gasteiger partial charge in [0.25, 0.3) is 5.91 Å². The second-order valence-corrected chi connectivity index (χ2v) is 7.34. The number of hydrogen-bond donors (Lipinski definition) is 1. The number of ether oxygens (including phenoxy) is 1. The highest BCUT2D eigenvalue weighted by molar-refractivity contribution is 6.08. The Hall–Kier alpha value is -2.96. The van der Waals surface area contributed by atoms with Crippen molar-refractivity contribution >= 4 is 29.4 Å². The molecule has 1 aliphatic heterocycles. The number of esters is 1. The number of nitrogens with zero attached hydrogens (tertiary/aromatic N) is 1. The fraction of sp³-hybridized carbons (Fsp3) is 0.400. The highest BCUT2D eigenvalue weighted by Gasteiger charge is 2.59. The molecular formula is C20H20N2O5. The van der Waals surface area contributed by atoms with Crippen molar-refractivity contribution in [1.82, 2.24) is 4.90 Å². The van der Waals surface area contributed by atoms with E-state index in [0.717, 1.165) is 16.9 Å². The molecule has 1 saturated carbocycles. The van der Waals surface area contributed by atoms with Crippen molar-refractivity contribution in [2.45, 2.75) is 13.3 Å². The third-order valence-electron chi connectivity index (χ3n) is 5.55. The number of carbonyl (C=O) groups is 4. The van der Waals surface area contributed by atoms with E-state index in [1.165, 1.54) is 0 Å². The van der Waals surface area contributed by atoms with Crippen molar-refractivity contribution in [2.75, 3.05) is 18.5 Å². The fourth-order valence-corrected chi connectivity index (χ4v) is 4.27. The van der Waals surface area contributed by atoms with E-state index >= 15 is 0 Å². The monoisotopic (exact) mass is 368 g/mol. The zero-order chi connectivity index (χ0) is 19.1. The largest absolute Gasteiger partial charge is 0.454 e. The molecule has 0 unspecified atom stereocenters. The Morgan fingerprint density at radius 3 is 2.26 bits per heavy atom. The van der Waals surface area contributed by atoms with Crippen LogP contribution < -0.4 is 5.32 Å². The topological polar surface area (TPSA) is 92.8 Å². The van der Waals surface area contributed by atoms with Crippen LogP contribution in [-0.2, 0) is 23.9 Å². The Morgan fingerprint density at radius 2 is 1.67 bits per heavy atom. The Balaban J connectivity index is 1.28. The molecule has 3 aliphatic rings. The lowest BCUT2D eigenvalue weighted by Crippen LogP contribution is -2.38. The summed E-state index contributed by atoms with van der Waals surface area (Å²) in [5.41, 5.74) is 1.66. The van der Waals surface area contributed by atoms with Crippen LogP contribution in [-0.4, -0.2) is 41.7 Å². The number of rotatable bonds is 5. The van der Waals surface area contributed by atoms with Gasteiger partial charge in [0.1, 0.15) is 6.54 Å². The summed E-state index contributed by atoms with van der Waals surface area (Å²) < 4.78 is 4.94. The van der Waals surface area contributed by atoms with Crippen molar-refractivity contribution in [3.05, 3.63) is 42.0 Å². The SMILES string of the molecule is Cc1ccc(NC(=O)COC(=O)CN2C(=O)[C@@H]3[C@@H](C2=O)[C@H]2C=C[C@@H]3C2)cc1. The molecule has 1 heterocycles. The summed E-state index contributed by atoms with van der Waals surface area (Å²) in [5, 5.41) is 2.62. The molecule has 0 radical (unpaired) electrons. The molecule has 1 saturated heterocycles. The Kier molecular flexibility index (Phi) is 4.30. The molecule has 7 nitrogen and oxygen atoms in total. The minimum atomic E-state index is -0.768. The average Bonchev–Trinajstić information content (AvgIpc) is 3.32. The van der Waals surface area contributed by atoms with E-state index in [4.69, 9.17) is 4.74 Å². The second-order valence-electron chi connectivity index (χ2n) is 7.34. The molecule has 2 aliphatic carbocycles. The van der Waals surface area contributed by atoms with Gasteiger partial charge in [-0.15, -0.1) is 0 Å². The van der Waals surface area contributed by atoms with Gasteiger partial charge >= 0.3 is 5.97 Å². The van der Waals surface area contributed by atoms with Gasteiger partial charge in [-0.1, -0.05) is 29.8 Å². The van der Waals surface area contributed by atoms with Crippen molar-refractivity contribution in [2.24, 2.45) is 23.7 Å². The molecular weight excluding hydrogens is 348 g/mol. The first-order valence-corrected chi connectivity index (χ1v) is 9.00. The third kappa shape index (κ3) is 3.13. The predicted molar refractivity (Wildman–Crippen MR) is 95.2 cm³/mol. The minimum Gasteiger partial charge on any atom is -0.454 e. The molecule has 2 fully saturated rings. The van der Waals surface area contributed by atoms with E-state index in [0.29, 0.717) is 5.69 Å². The number of anilines is 1. The van der Waals surface area contributed by atoms with E-state index in [1.807, 2.05) is 31.2 Å². The van der Waals surface area contributed by atoms with Crippen LogP contribution in [0, 0.1) is 30.6 Å². The normalized spacial score (nSPS) is 27.8. The minimum absolute atomic E-state index is 0.0951. The molecule has 1 N–H and O–H groups in total. The number of imide groups is 1. The molecule has 1 aromatic rings. The van der Waals surface area contributed by atoms with Crippen LogP contribution in [0.25, 0.3) is 0 Å². The van der Waals surface area contributed by atoms with Crippen LogP contribution in [0.1, 0.15) is 12.0 Å². The highest BCUT2D eigenvalue weighted by atomic mass is 16.5. The lowest BCUT2D eigenvalue weighted by atomic mass is 9.85. The van der Waals surface area contributed by atoms with Gasteiger partial charge in [0.2, 0.25) is 11.8 Å². The van der Waals surface area contributed by atoms with Gasteiger partial charge in [-0.25, -0.2) is 0 Å². The number of nitrogens with one attached hydrogen (secondary N) is 1. The molecule has 7 heteroatoms. The van der Waals surface area contributed by atoms with Crippen LogP contribution in [0.4, 0.5) is 5.69 Å². The summed E-state index contributed by atoms with van der Waals surface area (Å²) in [5.74, 6) is -2.35. The predicted octanol–water partition coefficient (Wildman–Crippen LogP) is 1.28. The van der Waals surface area contributed by atoms with E-state index in [2.05, 4.69) is 5.32 Å². The molecule has 140 valence electrons. The van der Waals surface area contributed by atoms with Crippen molar-refractivity contribution in [3.8, 4) is 0 Å². The Morgan fingerprint density at radius 1 is 1.07 bits per heavy atom. The van der Waals surface area contributed by atoms with E-state index in [-0.39, 0.29) is 35.5 Å². The molecule has 0 aromatic heterocycles. The summed E-state index contributed by atoms with van der Waals surface area (Å²) in [6, 6.07) is 7.20. The average molecular weight is 368 g/mol. The van der Waals surface area contributed by atoms with Crippen molar-refractivity contribution in [3.63, 3.8) is 0 Å². The number of aryl methyl sites for hydroxylation is 1. The number of hydrogen-bond acceptors (Lipinski definition) is 5. The maximum absolute atomic E-state index is 12.5. The number of likely N-dealkylation sites (tertiary alicyclic amines) is 1. The molecule has 3 amide bonds. The summed E-state index contributed by atoms with van der Waals surface area (Å²) in [6.07, 6.45) is 4.83. The molecule has 2 bridgehead atoms. The smallest absolute Gasteiger partial charge is 0.326 e. The van der Waals surface area contributed by atoms with Crippen LogP contribution in [0.3, 0.4) is 0 Å². The van der Waals surface area contributed by atoms with Gasteiger partial charge in [0.05, 0.1) is 11.8 Å². The van der Waals surface area contributed by atoms with Gasteiger partial charge in [0, 0.05) is 5.69 Å². The molecule has 0 spiro atoms. The molecule has 4 rings (SSSR count). The first-order chi connectivity index (χ1) is 12.9. The number of carbonyl (C=O) groups excluding carboxylic acids is 4. The third-order valence-corrected chi connectivity index (χ3v) is 5.55. The number of benzene rings is 1. The van der Waals surface area contributed by atoms with Crippen LogP contribution >= 0.6 is 0 Å². The van der Waals surface area contributed by atoms with Crippen molar-refractivity contribution < 1.29 is 23.9 Å². The summed E-state index contributed by atoms with van der Waals surface area (Å²) in [6.45, 7) is 1.02. The van der Waals surface area contributed by atoms with Gasteiger partial charge in [0.15, 0.2) is 6.61 Å². The van der Waals surface area contributed by atoms with Crippen LogP contribution in [0.2, 0.25) is 0 Å². The summed E-state index contributed by atoms with van der Waals surface area (Å²) in [7, 11) is 0. The maximum atomic E-state index is 12.5. The number of fused-ring (bicyclic) bond motifs is 5. The summed E-state index contributed by atoms with van der Waals surface area (Å²) >= 11 is 0. The molecule has 27 heavy (non-hydrogen) atoms. The zero-order valence-corrected chi connectivity index (χ0v) is 14.9. The van der Waals surface area contributed by atoms with Gasteiger partial charge in [-0.05, 0) is 37.3 Å². The van der Waals surface area contributed by atoms with E-state index in [1.54, 1.807) is 12.1 Å². The first kappa shape index (κ1) is 17.5. The lowest BCUT2D eigenvalue weighted by molar-refractivity contribution is -0.154.